The molecule has 0 aliphatic heterocycles. The van der Waals surface area contributed by atoms with E-state index in [9.17, 15) is 12.8 Å². The van der Waals surface area contributed by atoms with Crippen molar-refractivity contribution < 1.29 is 12.8 Å². The first-order chi connectivity index (χ1) is 9.42. The molecule has 0 bridgehead atoms. The second kappa shape index (κ2) is 6.09. The van der Waals surface area contributed by atoms with E-state index in [2.05, 4.69) is 4.72 Å². The molecule has 3 N–H and O–H groups in total. The van der Waals surface area contributed by atoms with Gasteiger partial charge >= 0.3 is 0 Å². The van der Waals surface area contributed by atoms with Crippen LogP contribution in [0.5, 0.6) is 0 Å². The Morgan fingerprint density at radius 3 is 2.75 bits per heavy atom. The molecule has 0 unspecified atom stereocenters. The van der Waals surface area contributed by atoms with Crippen molar-refractivity contribution >= 4 is 38.6 Å². The smallest absolute Gasteiger partial charge is 0.271 e. The van der Waals surface area contributed by atoms with Gasteiger partial charge in [-0.25, -0.2) is 12.8 Å². The van der Waals surface area contributed by atoms with Crippen molar-refractivity contribution in [3.05, 3.63) is 46.0 Å². The molecule has 0 spiro atoms. The van der Waals surface area contributed by atoms with Gasteiger partial charge in [0, 0.05) is 9.90 Å². The number of nitrogens with two attached hydrogens (primary N) is 1. The van der Waals surface area contributed by atoms with Gasteiger partial charge in [-0.05, 0) is 43.3 Å². The molecule has 0 fully saturated rings. The molecule has 0 saturated carbocycles. The quantitative estimate of drug-likeness (QED) is 0.883. The summed E-state index contributed by atoms with van der Waals surface area (Å²) in [6.45, 7) is 0.441. The summed E-state index contributed by atoms with van der Waals surface area (Å²) in [5.41, 5.74) is 5.24. The summed E-state index contributed by atoms with van der Waals surface area (Å²) in [7, 11) is -3.82. The fourth-order valence-corrected chi connectivity index (χ4v) is 4.15. The second-order valence-electron chi connectivity index (χ2n) is 3.99. The van der Waals surface area contributed by atoms with Crippen LogP contribution in [0.4, 0.5) is 10.1 Å². The molecule has 2 aromatic rings. The van der Waals surface area contributed by atoms with Crippen LogP contribution < -0.4 is 10.5 Å². The van der Waals surface area contributed by atoms with Crippen molar-refractivity contribution in [2.45, 2.75) is 10.6 Å². The summed E-state index contributed by atoms with van der Waals surface area (Å²) in [5.74, 6) is -0.684. The highest BCUT2D eigenvalue weighted by atomic mass is 35.5. The molecule has 1 heterocycles. The molecular weight excluding hydrogens is 323 g/mol. The zero-order valence-corrected chi connectivity index (χ0v) is 12.7. The molecule has 0 saturated heterocycles. The fourth-order valence-electron chi connectivity index (χ4n) is 1.55. The third-order valence-electron chi connectivity index (χ3n) is 2.47. The summed E-state index contributed by atoms with van der Waals surface area (Å²) in [4.78, 5) is 0.861. The Morgan fingerprint density at radius 1 is 1.30 bits per heavy atom. The Morgan fingerprint density at radius 2 is 2.05 bits per heavy atom. The van der Waals surface area contributed by atoms with E-state index in [0.717, 1.165) is 22.3 Å². The number of rotatable bonds is 5. The predicted molar refractivity (Wildman–Crippen MR) is 79.3 cm³/mol. The second-order valence-corrected chi connectivity index (χ2v) is 7.50. The minimum absolute atomic E-state index is 0.111. The maximum atomic E-state index is 13.5. The molecule has 0 atom stereocenters. The lowest BCUT2D eigenvalue weighted by Gasteiger charge is -2.07. The molecule has 20 heavy (non-hydrogen) atoms. The Kier molecular flexibility index (Phi) is 4.64. The van der Waals surface area contributed by atoms with Crippen LogP contribution in [-0.2, 0) is 16.4 Å². The average Bonchev–Trinajstić information content (AvgIpc) is 2.83. The first-order valence-electron chi connectivity index (χ1n) is 5.69. The van der Waals surface area contributed by atoms with Crippen LogP contribution in [0, 0.1) is 5.82 Å². The lowest BCUT2D eigenvalue weighted by atomic mass is 10.3. The summed E-state index contributed by atoms with van der Waals surface area (Å²) < 4.78 is 40.1. The highest BCUT2D eigenvalue weighted by Gasteiger charge is 2.18. The minimum Gasteiger partial charge on any atom is -0.330 e. The van der Waals surface area contributed by atoms with E-state index in [1.165, 1.54) is 18.2 Å². The van der Waals surface area contributed by atoms with Crippen LogP contribution in [0.2, 0.25) is 5.02 Å². The van der Waals surface area contributed by atoms with Gasteiger partial charge in [0.25, 0.3) is 10.0 Å². The summed E-state index contributed by atoms with van der Waals surface area (Å²) in [5, 5.41) is 0.249. The van der Waals surface area contributed by atoms with Gasteiger partial charge in [0.05, 0.1) is 5.69 Å². The van der Waals surface area contributed by atoms with Gasteiger partial charge < -0.3 is 5.73 Å². The summed E-state index contributed by atoms with van der Waals surface area (Å²) in [6.07, 6.45) is 0.603. The van der Waals surface area contributed by atoms with Gasteiger partial charge in [-0.1, -0.05) is 11.6 Å². The van der Waals surface area contributed by atoms with Crippen molar-refractivity contribution in [2.24, 2.45) is 5.73 Å². The average molecular weight is 335 g/mol. The SMILES string of the molecule is NCCc1ccc(S(=O)(=O)Nc2cc(Cl)ccc2F)s1. The Balaban J connectivity index is 2.28. The normalized spacial score (nSPS) is 11.6. The van der Waals surface area contributed by atoms with Crippen LogP contribution in [0.3, 0.4) is 0 Å². The van der Waals surface area contributed by atoms with Crippen LogP contribution in [0.1, 0.15) is 4.88 Å². The Bertz CT molecular complexity index is 716. The highest BCUT2D eigenvalue weighted by molar-refractivity contribution is 7.94. The zero-order chi connectivity index (χ0) is 14.8. The van der Waals surface area contributed by atoms with E-state index < -0.39 is 15.8 Å². The zero-order valence-electron chi connectivity index (χ0n) is 10.3. The molecule has 8 heteroatoms. The van der Waals surface area contributed by atoms with Crippen LogP contribution in [0.25, 0.3) is 0 Å². The largest absolute Gasteiger partial charge is 0.330 e. The lowest BCUT2D eigenvalue weighted by Crippen LogP contribution is -2.12. The van der Waals surface area contributed by atoms with E-state index in [1.54, 1.807) is 6.07 Å². The van der Waals surface area contributed by atoms with Gasteiger partial charge in [0.1, 0.15) is 10.0 Å². The Hall–Kier alpha value is -1.15. The van der Waals surface area contributed by atoms with Crippen molar-refractivity contribution in [1.29, 1.82) is 0 Å². The van der Waals surface area contributed by atoms with E-state index in [1.807, 2.05) is 0 Å². The first-order valence-corrected chi connectivity index (χ1v) is 8.37. The molecule has 0 amide bonds. The number of benzene rings is 1. The number of thiophene rings is 1. The van der Waals surface area contributed by atoms with Gasteiger partial charge in [0.2, 0.25) is 0 Å². The minimum atomic E-state index is -3.82. The van der Waals surface area contributed by atoms with E-state index in [4.69, 9.17) is 17.3 Å². The van der Waals surface area contributed by atoms with Crippen LogP contribution in [0.15, 0.2) is 34.5 Å². The first kappa shape index (κ1) is 15.2. The maximum Gasteiger partial charge on any atom is 0.271 e. The monoisotopic (exact) mass is 334 g/mol. The number of sulfonamides is 1. The van der Waals surface area contributed by atoms with Crippen LogP contribution in [-0.4, -0.2) is 15.0 Å². The van der Waals surface area contributed by atoms with Gasteiger partial charge in [-0.3, -0.25) is 4.72 Å². The third kappa shape index (κ3) is 3.49. The number of anilines is 1. The molecule has 4 nitrogen and oxygen atoms in total. The molecule has 2 rings (SSSR count). The lowest BCUT2D eigenvalue weighted by molar-refractivity contribution is 0.600. The Labute approximate surface area is 125 Å². The number of halogens is 2. The molecule has 0 radical (unpaired) electrons. The topological polar surface area (TPSA) is 72.2 Å². The number of hydrogen-bond donors (Lipinski definition) is 2. The molecule has 1 aromatic heterocycles. The van der Waals surface area contributed by atoms with Crippen molar-refractivity contribution in [2.75, 3.05) is 11.3 Å². The maximum absolute atomic E-state index is 13.5. The molecule has 0 aliphatic carbocycles. The van der Waals surface area contributed by atoms with E-state index in [0.29, 0.717) is 13.0 Å². The number of nitrogens with one attached hydrogen (secondary N) is 1. The standard InChI is InChI=1S/C12H12ClFN2O2S2/c13-8-1-3-10(14)11(7-8)16-20(17,18)12-4-2-9(19-12)5-6-15/h1-4,7,16H,5-6,15H2. The van der Waals surface area contributed by atoms with Gasteiger partial charge in [0.15, 0.2) is 0 Å². The van der Waals surface area contributed by atoms with Gasteiger partial charge in [-0.2, -0.15) is 0 Å². The third-order valence-corrected chi connectivity index (χ3v) is 5.70. The summed E-state index contributed by atoms with van der Waals surface area (Å²) >= 11 is 6.83. The summed E-state index contributed by atoms with van der Waals surface area (Å²) in [6, 6.07) is 6.84. The molecule has 0 aliphatic rings. The fraction of sp³-hybridized carbons (Fsp3) is 0.167. The van der Waals surface area contributed by atoms with Crippen molar-refractivity contribution in [3.63, 3.8) is 0 Å². The van der Waals surface area contributed by atoms with Crippen LogP contribution >= 0.6 is 22.9 Å². The van der Waals surface area contributed by atoms with E-state index >= 15 is 0 Å². The van der Waals surface area contributed by atoms with Crippen molar-refractivity contribution in [3.8, 4) is 0 Å². The predicted octanol–water partition coefficient (Wildman–Crippen LogP) is 2.84. The molecule has 108 valence electrons. The van der Waals surface area contributed by atoms with Gasteiger partial charge in [-0.15, -0.1) is 11.3 Å². The molecular formula is C12H12ClFN2O2S2. The van der Waals surface area contributed by atoms with Crippen molar-refractivity contribution in [1.82, 2.24) is 0 Å². The molecule has 1 aromatic carbocycles. The van der Waals surface area contributed by atoms with E-state index in [-0.39, 0.29) is 14.9 Å². The highest BCUT2D eigenvalue weighted by Crippen LogP contribution is 2.26. The number of hydrogen-bond acceptors (Lipinski definition) is 4.